The summed E-state index contributed by atoms with van der Waals surface area (Å²) in [7, 11) is 3.81. The van der Waals surface area contributed by atoms with E-state index in [4.69, 9.17) is 4.42 Å². The van der Waals surface area contributed by atoms with Gasteiger partial charge in [-0.25, -0.2) is 0 Å². The lowest BCUT2D eigenvalue weighted by molar-refractivity contribution is 0.0761. The van der Waals surface area contributed by atoms with E-state index in [1.165, 1.54) is 31.9 Å². The van der Waals surface area contributed by atoms with E-state index >= 15 is 0 Å². The van der Waals surface area contributed by atoms with Gasteiger partial charge >= 0.3 is 0 Å². The SMILES string of the molecule is CNCCCCCCCN(C)C(=O)c1ccco1. The number of amides is 1. The van der Waals surface area contributed by atoms with Gasteiger partial charge in [0.05, 0.1) is 6.26 Å². The lowest BCUT2D eigenvalue weighted by atomic mass is 10.1. The van der Waals surface area contributed by atoms with Crippen LogP contribution in [0.5, 0.6) is 0 Å². The molecule has 18 heavy (non-hydrogen) atoms. The zero-order chi connectivity index (χ0) is 13.2. The third kappa shape index (κ3) is 5.36. The van der Waals surface area contributed by atoms with Crippen LogP contribution < -0.4 is 5.32 Å². The fraction of sp³-hybridized carbons (Fsp3) is 0.643. The molecular formula is C14H24N2O2. The Morgan fingerprint density at radius 1 is 1.28 bits per heavy atom. The van der Waals surface area contributed by atoms with E-state index in [1.54, 1.807) is 17.0 Å². The van der Waals surface area contributed by atoms with E-state index in [0.717, 1.165) is 19.5 Å². The molecule has 0 atom stereocenters. The maximum absolute atomic E-state index is 11.8. The highest BCUT2D eigenvalue weighted by molar-refractivity contribution is 5.91. The molecule has 1 N–H and O–H groups in total. The molecular weight excluding hydrogens is 228 g/mol. The van der Waals surface area contributed by atoms with Crippen molar-refractivity contribution in [3.05, 3.63) is 24.2 Å². The molecule has 0 saturated carbocycles. The Labute approximate surface area is 109 Å². The second-order valence-corrected chi connectivity index (χ2v) is 4.58. The van der Waals surface area contributed by atoms with Gasteiger partial charge in [0.1, 0.15) is 0 Å². The van der Waals surface area contributed by atoms with Gasteiger partial charge in [0.2, 0.25) is 0 Å². The number of furan rings is 1. The van der Waals surface area contributed by atoms with Gasteiger partial charge in [-0.15, -0.1) is 0 Å². The molecule has 4 heteroatoms. The average molecular weight is 252 g/mol. The maximum atomic E-state index is 11.8. The summed E-state index contributed by atoms with van der Waals surface area (Å²) in [6.45, 7) is 1.89. The van der Waals surface area contributed by atoms with E-state index < -0.39 is 0 Å². The van der Waals surface area contributed by atoms with E-state index in [1.807, 2.05) is 14.1 Å². The molecule has 0 unspecified atom stereocenters. The minimum Gasteiger partial charge on any atom is -0.459 e. The summed E-state index contributed by atoms with van der Waals surface area (Å²) in [5.41, 5.74) is 0. The zero-order valence-electron chi connectivity index (χ0n) is 11.4. The van der Waals surface area contributed by atoms with Crippen molar-refractivity contribution in [1.29, 1.82) is 0 Å². The lowest BCUT2D eigenvalue weighted by Crippen LogP contribution is -2.27. The molecule has 0 saturated heterocycles. The van der Waals surface area contributed by atoms with Gasteiger partial charge in [-0.1, -0.05) is 19.3 Å². The summed E-state index contributed by atoms with van der Waals surface area (Å²) in [5, 5.41) is 3.14. The van der Waals surface area contributed by atoms with Crippen LogP contribution in [-0.2, 0) is 0 Å². The van der Waals surface area contributed by atoms with Crippen LogP contribution in [0.4, 0.5) is 0 Å². The Balaban J connectivity index is 2.07. The first-order valence-corrected chi connectivity index (χ1v) is 6.69. The van der Waals surface area contributed by atoms with Gasteiger partial charge in [-0.2, -0.15) is 0 Å². The van der Waals surface area contributed by atoms with Crippen LogP contribution in [0.15, 0.2) is 22.8 Å². The molecule has 0 spiro atoms. The smallest absolute Gasteiger partial charge is 0.289 e. The average Bonchev–Trinajstić information content (AvgIpc) is 2.90. The normalized spacial score (nSPS) is 10.6. The molecule has 1 amide bonds. The molecule has 1 rings (SSSR count). The highest BCUT2D eigenvalue weighted by Gasteiger charge is 2.13. The maximum Gasteiger partial charge on any atom is 0.289 e. The number of carbonyl (C=O) groups is 1. The minimum atomic E-state index is -0.0322. The minimum absolute atomic E-state index is 0.0322. The highest BCUT2D eigenvalue weighted by atomic mass is 16.3. The van der Waals surface area contributed by atoms with Crippen molar-refractivity contribution in [2.24, 2.45) is 0 Å². The fourth-order valence-corrected chi connectivity index (χ4v) is 1.87. The van der Waals surface area contributed by atoms with Crippen molar-refractivity contribution >= 4 is 5.91 Å². The predicted octanol–water partition coefficient (Wildman–Crippen LogP) is 2.52. The largest absolute Gasteiger partial charge is 0.459 e. The quantitative estimate of drug-likeness (QED) is 0.687. The number of hydrogen-bond acceptors (Lipinski definition) is 3. The monoisotopic (exact) mass is 252 g/mol. The molecule has 0 aliphatic carbocycles. The highest BCUT2D eigenvalue weighted by Crippen LogP contribution is 2.07. The molecule has 0 fully saturated rings. The van der Waals surface area contributed by atoms with Crippen molar-refractivity contribution in [3.8, 4) is 0 Å². The molecule has 102 valence electrons. The van der Waals surface area contributed by atoms with Gasteiger partial charge in [0.25, 0.3) is 5.91 Å². The van der Waals surface area contributed by atoms with Crippen LogP contribution in [0.25, 0.3) is 0 Å². The molecule has 0 radical (unpaired) electrons. The first-order valence-electron chi connectivity index (χ1n) is 6.69. The summed E-state index contributed by atoms with van der Waals surface area (Å²) >= 11 is 0. The number of rotatable bonds is 9. The van der Waals surface area contributed by atoms with Crippen LogP contribution in [0.3, 0.4) is 0 Å². The number of nitrogens with zero attached hydrogens (tertiary/aromatic N) is 1. The van der Waals surface area contributed by atoms with Crippen LogP contribution >= 0.6 is 0 Å². The Hall–Kier alpha value is -1.29. The molecule has 1 aromatic heterocycles. The first kappa shape index (κ1) is 14.8. The summed E-state index contributed by atoms with van der Waals surface area (Å²) in [6.07, 6.45) is 7.50. The lowest BCUT2D eigenvalue weighted by Gasteiger charge is -2.15. The predicted molar refractivity (Wildman–Crippen MR) is 72.7 cm³/mol. The summed E-state index contributed by atoms with van der Waals surface area (Å²) < 4.78 is 5.09. The molecule has 0 bridgehead atoms. The Kier molecular flexibility index (Phi) is 7.18. The van der Waals surface area contributed by atoms with Crippen LogP contribution in [-0.4, -0.2) is 38.0 Å². The van der Waals surface area contributed by atoms with Crippen LogP contribution in [0, 0.1) is 0 Å². The van der Waals surface area contributed by atoms with Crippen molar-refractivity contribution in [1.82, 2.24) is 10.2 Å². The van der Waals surface area contributed by atoms with E-state index in [9.17, 15) is 4.79 Å². The van der Waals surface area contributed by atoms with Gasteiger partial charge in [0.15, 0.2) is 5.76 Å². The molecule has 0 aromatic carbocycles. The summed E-state index contributed by atoms with van der Waals surface area (Å²) in [4.78, 5) is 13.6. The van der Waals surface area contributed by atoms with Crippen molar-refractivity contribution in [2.75, 3.05) is 27.2 Å². The topological polar surface area (TPSA) is 45.5 Å². The first-order chi connectivity index (χ1) is 8.75. The molecule has 1 aromatic rings. The van der Waals surface area contributed by atoms with E-state index in [2.05, 4.69) is 5.32 Å². The summed E-state index contributed by atoms with van der Waals surface area (Å²) in [6, 6.07) is 3.44. The molecule has 4 nitrogen and oxygen atoms in total. The third-order valence-corrected chi connectivity index (χ3v) is 3.00. The number of nitrogens with one attached hydrogen (secondary N) is 1. The van der Waals surface area contributed by atoms with Crippen molar-refractivity contribution < 1.29 is 9.21 Å². The standard InChI is InChI=1S/C14H24N2O2/c1-15-10-6-4-3-5-7-11-16(2)14(17)13-9-8-12-18-13/h8-9,12,15H,3-7,10-11H2,1-2H3. The zero-order valence-corrected chi connectivity index (χ0v) is 11.4. The van der Waals surface area contributed by atoms with Gasteiger partial charge < -0.3 is 14.6 Å². The number of hydrogen-bond donors (Lipinski definition) is 1. The fourth-order valence-electron chi connectivity index (χ4n) is 1.87. The van der Waals surface area contributed by atoms with Gasteiger partial charge in [-0.3, -0.25) is 4.79 Å². The molecule has 1 heterocycles. The van der Waals surface area contributed by atoms with E-state index in [0.29, 0.717) is 5.76 Å². The van der Waals surface area contributed by atoms with Crippen molar-refractivity contribution in [3.63, 3.8) is 0 Å². The van der Waals surface area contributed by atoms with Gasteiger partial charge in [0, 0.05) is 13.6 Å². The number of carbonyl (C=O) groups excluding carboxylic acids is 1. The van der Waals surface area contributed by atoms with Gasteiger partial charge in [-0.05, 0) is 38.6 Å². The number of unbranched alkanes of at least 4 members (excludes halogenated alkanes) is 4. The van der Waals surface area contributed by atoms with Crippen LogP contribution in [0.2, 0.25) is 0 Å². The Morgan fingerprint density at radius 2 is 2.00 bits per heavy atom. The molecule has 0 aliphatic rings. The third-order valence-electron chi connectivity index (χ3n) is 3.00. The molecule has 0 aliphatic heterocycles. The second kappa shape index (κ2) is 8.75. The van der Waals surface area contributed by atoms with Crippen molar-refractivity contribution in [2.45, 2.75) is 32.1 Å². The summed E-state index contributed by atoms with van der Waals surface area (Å²) in [5.74, 6) is 0.390. The Bertz CT molecular complexity index is 323. The van der Waals surface area contributed by atoms with Crippen LogP contribution in [0.1, 0.15) is 42.7 Å². The van der Waals surface area contributed by atoms with E-state index in [-0.39, 0.29) is 5.91 Å². The second-order valence-electron chi connectivity index (χ2n) is 4.58. The Morgan fingerprint density at radius 3 is 2.67 bits per heavy atom.